The van der Waals surface area contributed by atoms with Gasteiger partial charge in [0.2, 0.25) is 0 Å². The molecule has 0 spiro atoms. The van der Waals surface area contributed by atoms with Gasteiger partial charge in [0, 0.05) is 5.69 Å². The van der Waals surface area contributed by atoms with Crippen molar-refractivity contribution in [3.05, 3.63) is 22.2 Å². The van der Waals surface area contributed by atoms with E-state index in [1.807, 2.05) is 0 Å². The van der Waals surface area contributed by atoms with Crippen molar-refractivity contribution in [2.24, 2.45) is 0 Å². The van der Waals surface area contributed by atoms with Crippen molar-refractivity contribution in [3.63, 3.8) is 0 Å². The molecule has 1 rings (SSSR count). The number of aromatic amines is 1. The average Bonchev–Trinajstić information content (AvgIpc) is 1.59. The van der Waals surface area contributed by atoms with Gasteiger partial charge in [0.1, 0.15) is 5.03 Å². The van der Waals surface area contributed by atoms with Crippen molar-refractivity contribution in [1.82, 2.24) is 9.97 Å². The SMILES string of the molecule is Cc1cc([S])nc(=O)[nH]1. The van der Waals surface area contributed by atoms with Crippen LogP contribution in [0.2, 0.25) is 0 Å². The third-order valence-electron chi connectivity index (χ3n) is 0.856. The van der Waals surface area contributed by atoms with E-state index in [1.54, 1.807) is 13.0 Å². The Morgan fingerprint density at radius 3 is 2.89 bits per heavy atom. The highest BCUT2D eigenvalue weighted by atomic mass is 32.1. The van der Waals surface area contributed by atoms with Gasteiger partial charge in [0.05, 0.1) is 0 Å². The second-order valence-corrected chi connectivity index (χ2v) is 2.13. The van der Waals surface area contributed by atoms with Gasteiger partial charge in [-0.25, -0.2) is 4.79 Å². The minimum Gasteiger partial charge on any atom is -0.310 e. The molecule has 0 bridgehead atoms. The number of hydrogen-bond acceptors (Lipinski definition) is 2. The standard InChI is InChI=1S/C5H5N2OS/c1-3-2-4(9)7-5(8)6-3/h2H,1H3,(H,6,7,8). The molecule has 1 aromatic rings. The summed E-state index contributed by atoms with van der Waals surface area (Å²) in [5.41, 5.74) is 0.375. The first kappa shape index (κ1) is 6.22. The van der Waals surface area contributed by atoms with E-state index in [0.29, 0.717) is 5.03 Å². The van der Waals surface area contributed by atoms with Gasteiger partial charge < -0.3 is 4.98 Å². The molecule has 1 aromatic heterocycles. The fourth-order valence-corrected chi connectivity index (χ4v) is 0.810. The maximum Gasteiger partial charge on any atom is 0.346 e. The van der Waals surface area contributed by atoms with Crippen LogP contribution in [0.5, 0.6) is 0 Å². The van der Waals surface area contributed by atoms with Gasteiger partial charge in [-0.3, -0.25) is 0 Å². The minimum absolute atomic E-state index is 0.344. The van der Waals surface area contributed by atoms with E-state index >= 15 is 0 Å². The first-order chi connectivity index (χ1) is 4.18. The predicted molar refractivity (Wildman–Crippen MR) is 35.5 cm³/mol. The second kappa shape index (κ2) is 2.14. The van der Waals surface area contributed by atoms with Crippen molar-refractivity contribution < 1.29 is 0 Å². The molecule has 0 aromatic carbocycles. The largest absolute Gasteiger partial charge is 0.346 e. The molecule has 9 heavy (non-hydrogen) atoms. The van der Waals surface area contributed by atoms with Crippen molar-refractivity contribution in [2.45, 2.75) is 11.9 Å². The first-order valence-electron chi connectivity index (χ1n) is 2.43. The summed E-state index contributed by atoms with van der Waals surface area (Å²) >= 11 is 4.66. The van der Waals surface area contributed by atoms with Gasteiger partial charge in [0.25, 0.3) is 0 Å². The molecule has 0 amide bonds. The van der Waals surface area contributed by atoms with Crippen LogP contribution in [0.3, 0.4) is 0 Å². The van der Waals surface area contributed by atoms with Gasteiger partial charge in [-0.2, -0.15) is 4.98 Å². The van der Waals surface area contributed by atoms with E-state index in [2.05, 4.69) is 22.6 Å². The molecule has 0 fully saturated rings. The third-order valence-corrected chi connectivity index (χ3v) is 1.06. The molecule has 0 atom stereocenters. The minimum atomic E-state index is -0.375. The molecule has 3 nitrogen and oxygen atoms in total. The number of hydrogen-bond donors (Lipinski definition) is 1. The predicted octanol–water partition coefficient (Wildman–Crippen LogP) is 0.635. The Labute approximate surface area is 57.6 Å². The summed E-state index contributed by atoms with van der Waals surface area (Å²) in [6.07, 6.45) is 0. The highest BCUT2D eigenvalue weighted by molar-refractivity contribution is 7.80. The quantitative estimate of drug-likeness (QED) is 0.539. The molecule has 0 aliphatic rings. The summed E-state index contributed by atoms with van der Waals surface area (Å²) in [4.78, 5) is 16.4. The molecule has 4 heteroatoms. The van der Waals surface area contributed by atoms with Crippen LogP contribution >= 0.6 is 12.6 Å². The van der Waals surface area contributed by atoms with Crippen molar-refractivity contribution in [3.8, 4) is 0 Å². The highest BCUT2D eigenvalue weighted by Crippen LogP contribution is 1.96. The Kier molecular flexibility index (Phi) is 1.48. The molecule has 1 N–H and O–H groups in total. The Morgan fingerprint density at radius 1 is 1.78 bits per heavy atom. The zero-order chi connectivity index (χ0) is 6.85. The van der Waals surface area contributed by atoms with Crippen LogP contribution in [0.15, 0.2) is 15.9 Å². The maximum atomic E-state index is 10.5. The lowest BCUT2D eigenvalue weighted by Gasteiger charge is -1.88. The van der Waals surface area contributed by atoms with Crippen molar-refractivity contribution in [1.29, 1.82) is 0 Å². The zero-order valence-electron chi connectivity index (χ0n) is 4.84. The van der Waals surface area contributed by atoms with E-state index in [1.165, 1.54) is 0 Å². The summed E-state index contributed by atoms with van der Waals surface area (Å²) in [7, 11) is 0. The van der Waals surface area contributed by atoms with Crippen LogP contribution in [0, 0.1) is 6.92 Å². The molecular weight excluding hydrogens is 136 g/mol. The molecule has 0 saturated carbocycles. The average molecular weight is 141 g/mol. The Morgan fingerprint density at radius 2 is 2.44 bits per heavy atom. The number of H-pyrrole nitrogens is 1. The second-order valence-electron chi connectivity index (χ2n) is 1.71. The Hall–Kier alpha value is -0.900. The molecule has 1 radical (unpaired) electrons. The van der Waals surface area contributed by atoms with Crippen LogP contribution < -0.4 is 5.69 Å². The zero-order valence-corrected chi connectivity index (χ0v) is 5.66. The van der Waals surface area contributed by atoms with Gasteiger partial charge in [-0.15, -0.1) is 0 Å². The van der Waals surface area contributed by atoms with Crippen molar-refractivity contribution in [2.75, 3.05) is 0 Å². The lowest BCUT2D eigenvalue weighted by atomic mass is 10.5. The van der Waals surface area contributed by atoms with E-state index in [-0.39, 0.29) is 5.69 Å². The molecule has 0 saturated heterocycles. The number of nitrogens with zero attached hydrogens (tertiary/aromatic N) is 1. The lowest BCUT2D eigenvalue weighted by molar-refractivity contribution is 0.949. The molecule has 1 heterocycles. The topological polar surface area (TPSA) is 45.8 Å². The van der Waals surface area contributed by atoms with E-state index < -0.39 is 0 Å². The van der Waals surface area contributed by atoms with Gasteiger partial charge >= 0.3 is 5.69 Å². The summed E-state index contributed by atoms with van der Waals surface area (Å²) in [6, 6.07) is 1.64. The lowest BCUT2D eigenvalue weighted by Crippen LogP contribution is -2.10. The van der Waals surface area contributed by atoms with Crippen molar-refractivity contribution >= 4 is 12.6 Å². The molecular formula is C5H5N2OS. The van der Waals surface area contributed by atoms with Crippen LogP contribution in [0.25, 0.3) is 0 Å². The number of aryl methyl sites for hydroxylation is 1. The molecule has 0 unspecified atom stereocenters. The Bertz CT molecular complexity index is 245. The van der Waals surface area contributed by atoms with Gasteiger partial charge in [0.15, 0.2) is 0 Å². The smallest absolute Gasteiger partial charge is 0.310 e. The van der Waals surface area contributed by atoms with E-state index in [0.717, 1.165) is 5.69 Å². The highest BCUT2D eigenvalue weighted by Gasteiger charge is 1.90. The monoisotopic (exact) mass is 141 g/mol. The summed E-state index contributed by atoms with van der Waals surface area (Å²) < 4.78 is 0. The van der Waals surface area contributed by atoms with Crippen LogP contribution in [0.1, 0.15) is 5.69 Å². The summed E-state index contributed by atoms with van der Waals surface area (Å²) in [5.74, 6) is 0. The normalized spacial score (nSPS) is 9.44. The number of nitrogens with one attached hydrogen (secondary N) is 1. The fraction of sp³-hybridized carbons (Fsp3) is 0.200. The van der Waals surface area contributed by atoms with Gasteiger partial charge in [-0.1, -0.05) is 12.6 Å². The number of rotatable bonds is 0. The van der Waals surface area contributed by atoms with Crippen LogP contribution in [-0.4, -0.2) is 9.97 Å². The first-order valence-corrected chi connectivity index (χ1v) is 2.84. The fourth-order valence-electron chi connectivity index (χ4n) is 0.550. The van der Waals surface area contributed by atoms with E-state index in [9.17, 15) is 4.79 Å². The van der Waals surface area contributed by atoms with Crippen LogP contribution in [0.4, 0.5) is 0 Å². The maximum absolute atomic E-state index is 10.5. The summed E-state index contributed by atoms with van der Waals surface area (Å²) in [5, 5.41) is 0.344. The molecule has 0 aliphatic carbocycles. The third kappa shape index (κ3) is 1.50. The summed E-state index contributed by atoms with van der Waals surface area (Å²) in [6.45, 7) is 1.76. The Balaban J connectivity index is 3.33. The van der Waals surface area contributed by atoms with Crippen LogP contribution in [-0.2, 0) is 0 Å². The molecule has 0 aliphatic heterocycles. The van der Waals surface area contributed by atoms with Gasteiger partial charge in [-0.05, 0) is 13.0 Å². The van der Waals surface area contributed by atoms with E-state index in [4.69, 9.17) is 0 Å². The molecule has 47 valence electrons. The number of aromatic nitrogens is 2.